The van der Waals surface area contributed by atoms with Crippen molar-refractivity contribution in [2.75, 3.05) is 11.1 Å². The number of nitrogens with zero attached hydrogens (tertiary/aromatic N) is 1. The molecule has 2 aromatic carbocycles. The number of benzene rings is 2. The number of thioether (sulfide) groups is 1. The molecule has 3 N–H and O–H groups in total. The summed E-state index contributed by atoms with van der Waals surface area (Å²) in [5.74, 6) is -0.582. The Bertz CT molecular complexity index is 942. The van der Waals surface area contributed by atoms with Crippen molar-refractivity contribution in [3.8, 4) is 10.6 Å². The van der Waals surface area contributed by atoms with Gasteiger partial charge in [-0.1, -0.05) is 35.9 Å². The van der Waals surface area contributed by atoms with Crippen LogP contribution in [0.25, 0.3) is 10.6 Å². The number of carbonyl (C=O) groups is 2. The van der Waals surface area contributed by atoms with E-state index < -0.39 is 5.91 Å². The molecule has 0 aliphatic heterocycles. The number of carbonyl (C=O) groups excluding carboxylic acids is 2. The molecule has 3 aromatic rings. The maximum atomic E-state index is 12.5. The highest BCUT2D eigenvalue weighted by atomic mass is 35.5. The van der Waals surface area contributed by atoms with Gasteiger partial charge in [-0.25, -0.2) is 4.98 Å². The van der Waals surface area contributed by atoms with Crippen LogP contribution in [0.5, 0.6) is 0 Å². The first-order valence-corrected chi connectivity index (χ1v) is 9.80. The molecule has 0 bridgehead atoms. The zero-order valence-electron chi connectivity index (χ0n) is 13.4. The van der Waals surface area contributed by atoms with Crippen LogP contribution in [0.1, 0.15) is 10.5 Å². The molecule has 8 heteroatoms. The normalized spacial score (nSPS) is 10.5. The van der Waals surface area contributed by atoms with E-state index in [0.717, 1.165) is 15.5 Å². The number of primary amides is 1. The van der Waals surface area contributed by atoms with Crippen LogP contribution in [0.4, 0.5) is 5.69 Å². The molecule has 2 amide bonds. The zero-order valence-corrected chi connectivity index (χ0v) is 15.8. The Morgan fingerprint density at radius 2 is 1.88 bits per heavy atom. The maximum absolute atomic E-state index is 12.5. The third kappa shape index (κ3) is 4.63. The van der Waals surface area contributed by atoms with E-state index in [9.17, 15) is 9.59 Å². The van der Waals surface area contributed by atoms with E-state index in [1.807, 2.05) is 30.3 Å². The minimum absolute atomic E-state index is 0.143. The molecule has 0 aliphatic rings. The molecule has 0 saturated carbocycles. The molecule has 3 rings (SSSR count). The van der Waals surface area contributed by atoms with Crippen molar-refractivity contribution in [1.29, 1.82) is 0 Å². The van der Waals surface area contributed by atoms with Gasteiger partial charge < -0.3 is 11.1 Å². The van der Waals surface area contributed by atoms with Gasteiger partial charge >= 0.3 is 0 Å². The van der Waals surface area contributed by atoms with Crippen LogP contribution in [0.15, 0.2) is 58.8 Å². The second-order valence-electron chi connectivity index (χ2n) is 5.25. The molecular formula is C18H14ClN3O2S2. The van der Waals surface area contributed by atoms with Gasteiger partial charge in [-0.3, -0.25) is 9.59 Å². The quantitative estimate of drug-likeness (QED) is 0.601. The van der Waals surface area contributed by atoms with Crippen molar-refractivity contribution in [3.05, 3.63) is 64.6 Å². The van der Waals surface area contributed by atoms with Gasteiger partial charge in [0.25, 0.3) is 5.91 Å². The van der Waals surface area contributed by atoms with Crippen LogP contribution < -0.4 is 11.1 Å². The predicted octanol–water partition coefficient (Wildman–Crippen LogP) is 4.29. The summed E-state index contributed by atoms with van der Waals surface area (Å²) in [6.45, 7) is 0. The van der Waals surface area contributed by atoms with Gasteiger partial charge in [-0.2, -0.15) is 0 Å². The Morgan fingerprint density at radius 1 is 1.15 bits per heavy atom. The number of thiazole rings is 1. The minimum Gasteiger partial charge on any atom is -0.369 e. The summed E-state index contributed by atoms with van der Waals surface area (Å²) in [6, 6.07) is 14.5. The SMILES string of the molecule is NC(=O)CSc1ccccc1NC(=O)c1csc(-c2ccc(Cl)cc2)n1. The van der Waals surface area contributed by atoms with Gasteiger partial charge in [-0.15, -0.1) is 23.1 Å². The number of halogens is 1. The van der Waals surface area contributed by atoms with Crippen LogP contribution in [-0.2, 0) is 4.79 Å². The first-order valence-electron chi connectivity index (χ1n) is 7.56. The molecular weight excluding hydrogens is 390 g/mol. The smallest absolute Gasteiger partial charge is 0.275 e. The monoisotopic (exact) mass is 403 g/mol. The number of hydrogen-bond donors (Lipinski definition) is 2. The van der Waals surface area contributed by atoms with Gasteiger partial charge in [0.1, 0.15) is 10.7 Å². The number of rotatable bonds is 6. The molecule has 26 heavy (non-hydrogen) atoms. The molecule has 132 valence electrons. The standard InChI is InChI=1S/C18H14ClN3O2S2/c19-12-7-5-11(6-8-12)18-22-14(9-26-18)17(24)21-13-3-1-2-4-15(13)25-10-16(20)23/h1-9H,10H2,(H2,20,23)(H,21,24). The molecule has 0 spiro atoms. The summed E-state index contributed by atoms with van der Waals surface area (Å²) in [6.07, 6.45) is 0. The van der Waals surface area contributed by atoms with Crippen molar-refractivity contribution in [2.45, 2.75) is 4.90 Å². The van der Waals surface area contributed by atoms with E-state index in [4.69, 9.17) is 17.3 Å². The van der Waals surface area contributed by atoms with Crippen LogP contribution in [0.3, 0.4) is 0 Å². The fourth-order valence-electron chi connectivity index (χ4n) is 2.13. The first-order chi connectivity index (χ1) is 12.5. The molecule has 0 radical (unpaired) electrons. The summed E-state index contributed by atoms with van der Waals surface area (Å²) < 4.78 is 0. The highest BCUT2D eigenvalue weighted by Gasteiger charge is 2.14. The van der Waals surface area contributed by atoms with Crippen LogP contribution >= 0.6 is 34.7 Å². The Kier molecular flexibility index (Phi) is 5.92. The van der Waals surface area contributed by atoms with Crippen LogP contribution in [-0.4, -0.2) is 22.6 Å². The Hall–Kier alpha value is -2.35. The molecule has 0 unspecified atom stereocenters. The summed E-state index contributed by atoms with van der Waals surface area (Å²) >= 11 is 8.55. The summed E-state index contributed by atoms with van der Waals surface area (Å²) in [5.41, 5.74) is 7.03. The summed E-state index contributed by atoms with van der Waals surface area (Å²) in [7, 11) is 0. The number of para-hydroxylation sites is 1. The fraction of sp³-hybridized carbons (Fsp3) is 0.0556. The van der Waals surface area contributed by atoms with E-state index in [0.29, 0.717) is 16.4 Å². The van der Waals surface area contributed by atoms with Crippen molar-refractivity contribution in [3.63, 3.8) is 0 Å². The van der Waals surface area contributed by atoms with Gasteiger partial charge in [0, 0.05) is 20.9 Å². The van der Waals surface area contributed by atoms with Crippen molar-refractivity contribution in [2.24, 2.45) is 5.73 Å². The van der Waals surface area contributed by atoms with E-state index >= 15 is 0 Å². The Morgan fingerprint density at radius 3 is 2.62 bits per heavy atom. The van der Waals surface area contributed by atoms with Crippen LogP contribution in [0, 0.1) is 0 Å². The van der Waals surface area contributed by atoms with Gasteiger partial charge in [0.15, 0.2) is 0 Å². The molecule has 0 aliphatic carbocycles. The average molecular weight is 404 g/mol. The van der Waals surface area contributed by atoms with Crippen molar-refractivity contribution < 1.29 is 9.59 Å². The maximum Gasteiger partial charge on any atom is 0.275 e. The lowest BCUT2D eigenvalue weighted by molar-refractivity contribution is -0.115. The number of amides is 2. The second-order valence-corrected chi connectivity index (χ2v) is 7.56. The molecule has 0 fully saturated rings. The van der Waals surface area contributed by atoms with E-state index in [-0.39, 0.29) is 11.7 Å². The third-order valence-electron chi connectivity index (χ3n) is 3.33. The minimum atomic E-state index is -0.414. The highest BCUT2D eigenvalue weighted by molar-refractivity contribution is 8.00. The molecule has 5 nitrogen and oxygen atoms in total. The molecule has 1 heterocycles. The lowest BCUT2D eigenvalue weighted by Crippen LogP contribution is -2.15. The Balaban J connectivity index is 1.75. The largest absolute Gasteiger partial charge is 0.369 e. The molecule has 0 saturated heterocycles. The predicted molar refractivity (Wildman–Crippen MR) is 107 cm³/mol. The molecule has 1 aromatic heterocycles. The van der Waals surface area contributed by atoms with Gasteiger partial charge in [-0.05, 0) is 24.3 Å². The number of hydrogen-bond acceptors (Lipinski definition) is 5. The first kappa shape index (κ1) is 18.4. The second kappa shape index (κ2) is 8.35. The Labute approximate surface area is 163 Å². The van der Waals surface area contributed by atoms with Gasteiger partial charge in [0.2, 0.25) is 5.91 Å². The van der Waals surface area contributed by atoms with Gasteiger partial charge in [0.05, 0.1) is 11.4 Å². The number of anilines is 1. The van der Waals surface area contributed by atoms with E-state index in [2.05, 4.69) is 10.3 Å². The number of aromatic nitrogens is 1. The van der Waals surface area contributed by atoms with Crippen molar-refractivity contribution in [1.82, 2.24) is 4.98 Å². The number of nitrogens with one attached hydrogen (secondary N) is 1. The zero-order chi connectivity index (χ0) is 18.5. The fourth-order valence-corrected chi connectivity index (χ4v) is 3.81. The molecule has 0 atom stereocenters. The lowest BCUT2D eigenvalue weighted by Gasteiger charge is -2.09. The lowest BCUT2D eigenvalue weighted by atomic mass is 10.2. The van der Waals surface area contributed by atoms with Crippen molar-refractivity contribution >= 4 is 52.2 Å². The third-order valence-corrected chi connectivity index (χ3v) is 5.57. The summed E-state index contributed by atoms with van der Waals surface area (Å²) in [4.78, 5) is 28.7. The van der Waals surface area contributed by atoms with Crippen LogP contribution in [0.2, 0.25) is 5.02 Å². The number of nitrogens with two attached hydrogens (primary N) is 1. The summed E-state index contributed by atoms with van der Waals surface area (Å²) in [5, 5.41) is 5.93. The van der Waals surface area contributed by atoms with E-state index in [1.54, 1.807) is 23.6 Å². The highest BCUT2D eigenvalue weighted by Crippen LogP contribution is 2.28. The topological polar surface area (TPSA) is 85.1 Å². The average Bonchev–Trinajstić information content (AvgIpc) is 3.12. The van der Waals surface area contributed by atoms with E-state index in [1.165, 1.54) is 23.1 Å².